The number of ether oxygens (including phenoxy) is 2. The quantitative estimate of drug-likeness (QED) is 0.677. The Morgan fingerprint density at radius 3 is 2.54 bits per heavy atom. The highest BCUT2D eigenvalue weighted by Crippen LogP contribution is 2.23. The van der Waals surface area contributed by atoms with Crippen LogP contribution in [0.25, 0.3) is 0 Å². The Kier molecular flexibility index (Phi) is 8.09. The van der Waals surface area contributed by atoms with Crippen LogP contribution in [0.15, 0.2) is 18.2 Å². The zero-order chi connectivity index (χ0) is 18.1. The fraction of sp³-hybridized carbons (Fsp3) is 0.556. The van der Waals surface area contributed by atoms with E-state index >= 15 is 0 Å². The van der Waals surface area contributed by atoms with E-state index in [4.69, 9.17) is 9.47 Å². The van der Waals surface area contributed by atoms with Gasteiger partial charge in [0.15, 0.2) is 6.61 Å². The second-order valence-corrected chi connectivity index (χ2v) is 6.25. The second kappa shape index (κ2) is 9.80. The number of carbonyl (C=O) groups excluding carboxylic acids is 2. The van der Waals surface area contributed by atoms with Crippen LogP contribution in [0, 0.1) is 5.92 Å². The van der Waals surface area contributed by atoms with Gasteiger partial charge in [-0.25, -0.2) is 4.79 Å². The SMILES string of the molecule is COc1ccc(O)c(C(=O)OCC(=O)NC(C)CCCC(C)C)c1. The lowest BCUT2D eigenvalue weighted by Gasteiger charge is -2.14. The van der Waals surface area contributed by atoms with Crippen LogP contribution in [-0.4, -0.2) is 36.7 Å². The molecule has 2 N–H and O–H groups in total. The van der Waals surface area contributed by atoms with Gasteiger partial charge in [0.1, 0.15) is 17.1 Å². The Balaban J connectivity index is 2.42. The van der Waals surface area contributed by atoms with Gasteiger partial charge in [0.25, 0.3) is 5.91 Å². The van der Waals surface area contributed by atoms with Crippen molar-refractivity contribution in [1.29, 1.82) is 0 Å². The molecule has 0 aromatic heterocycles. The normalized spacial score (nSPS) is 11.9. The fourth-order valence-electron chi connectivity index (χ4n) is 2.24. The molecule has 6 heteroatoms. The summed E-state index contributed by atoms with van der Waals surface area (Å²) < 4.78 is 9.94. The van der Waals surface area contributed by atoms with Crippen LogP contribution in [0.1, 0.15) is 50.4 Å². The molecule has 0 bridgehead atoms. The highest BCUT2D eigenvalue weighted by atomic mass is 16.5. The van der Waals surface area contributed by atoms with E-state index < -0.39 is 5.97 Å². The minimum absolute atomic E-state index is 0.0279. The number of nitrogens with one attached hydrogen (secondary N) is 1. The first kappa shape index (κ1) is 19.8. The van der Waals surface area contributed by atoms with E-state index in [1.165, 1.54) is 25.3 Å². The van der Waals surface area contributed by atoms with Crippen LogP contribution >= 0.6 is 0 Å². The van der Waals surface area contributed by atoms with Crippen molar-refractivity contribution in [3.05, 3.63) is 23.8 Å². The van der Waals surface area contributed by atoms with E-state index in [2.05, 4.69) is 19.2 Å². The molecule has 1 atom stereocenters. The monoisotopic (exact) mass is 337 g/mol. The number of rotatable bonds is 9. The van der Waals surface area contributed by atoms with Crippen LogP contribution in [0.3, 0.4) is 0 Å². The van der Waals surface area contributed by atoms with E-state index in [0.717, 1.165) is 19.3 Å². The Hall–Kier alpha value is -2.24. The molecule has 0 heterocycles. The van der Waals surface area contributed by atoms with Crippen molar-refractivity contribution in [2.45, 2.75) is 46.1 Å². The molecule has 6 nitrogen and oxygen atoms in total. The fourth-order valence-corrected chi connectivity index (χ4v) is 2.24. The average Bonchev–Trinajstić information content (AvgIpc) is 2.52. The molecule has 0 fully saturated rings. The number of amides is 1. The number of phenols is 1. The number of esters is 1. The summed E-state index contributed by atoms with van der Waals surface area (Å²) in [6, 6.07) is 4.26. The molecular formula is C18H27NO5. The van der Waals surface area contributed by atoms with Crippen molar-refractivity contribution in [1.82, 2.24) is 5.32 Å². The lowest BCUT2D eigenvalue weighted by atomic mass is 10.0. The molecule has 1 rings (SSSR count). The first-order valence-electron chi connectivity index (χ1n) is 8.17. The minimum Gasteiger partial charge on any atom is -0.507 e. The molecule has 0 spiro atoms. The molecule has 0 radical (unpaired) electrons. The zero-order valence-corrected chi connectivity index (χ0v) is 14.8. The third kappa shape index (κ3) is 6.89. The Morgan fingerprint density at radius 2 is 1.92 bits per heavy atom. The minimum atomic E-state index is -0.769. The van der Waals surface area contributed by atoms with E-state index in [0.29, 0.717) is 11.7 Å². The Bertz CT molecular complexity index is 556. The van der Waals surface area contributed by atoms with Crippen molar-refractivity contribution in [3.63, 3.8) is 0 Å². The lowest BCUT2D eigenvalue weighted by molar-refractivity contribution is -0.124. The molecule has 0 saturated carbocycles. The zero-order valence-electron chi connectivity index (χ0n) is 14.8. The average molecular weight is 337 g/mol. The summed E-state index contributed by atoms with van der Waals surface area (Å²) in [5, 5.41) is 12.5. The van der Waals surface area contributed by atoms with Crippen molar-refractivity contribution in [3.8, 4) is 11.5 Å². The van der Waals surface area contributed by atoms with Crippen molar-refractivity contribution >= 4 is 11.9 Å². The summed E-state index contributed by atoms with van der Waals surface area (Å²) in [5.74, 6) is -0.285. The number of carbonyl (C=O) groups is 2. The van der Waals surface area contributed by atoms with Gasteiger partial charge in [0.2, 0.25) is 0 Å². The van der Waals surface area contributed by atoms with Gasteiger partial charge < -0.3 is 19.9 Å². The highest BCUT2D eigenvalue weighted by molar-refractivity contribution is 5.94. The molecule has 1 aromatic carbocycles. The van der Waals surface area contributed by atoms with Gasteiger partial charge in [-0.1, -0.05) is 26.7 Å². The number of hydrogen-bond acceptors (Lipinski definition) is 5. The Labute approximate surface area is 143 Å². The van der Waals surface area contributed by atoms with Gasteiger partial charge in [0, 0.05) is 6.04 Å². The number of methoxy groups -OCH3 is 1. The standard InChI is InChI=1S/C18H27NO5/c1-12(2)6-5-7-13(3)19-17(21)11-24-18(22)15-10-14(23-4)8-9-16(15)20/h8-10,12-13,20H,5-7,11H2,1-4H3,(H,19,21). The lowest BCUT2D eigenvalue weighted by Crippen LogP contribution is -2.35. The topological polar surface area (TPSA) is 84.9 Å². The van der Waals surface area contributed by atoms with E-state index in [9.17, 15) is 14.7 Å². The maximum atomic E-state index is 12.0. The number of aromatic hydroxyl groups is 1. The molecule has 134 valence electrons. The second-order valence-electron chi connectivity index (χ2n) is 6.25. The summed E-state index contributed by atoms with van der Waals surface area (Å²) in [6.07, 6.45) is 3.04. The predicted molar refractivity (Wildman–Crippen MR) is 91.2 cm³/mol. The summed E-state index contributed by atoms with van der Waals surface area (Å²) in [7, 11) is 1.45. The third-order valence-corrected chi connectivity index (χ3v) is 3.58. The summed E-state index contributed by atoms with van der Waals surface area (Å²) >= 11 is 0. The summed E-state index contributed by atoms with van der Waals surface area (Å²) in [4.78, 5) is 23.8. The first-order chi connectivity index (χ1) is 11.3. The summed E-state index contributed by atoms with van der Waals surface area (Å²) in [5.41, 5.74) is -0.0351. The van der Waals surface area contributed by atoms with Gasteiger partial charge in [0.05, 0.1) is 7.11 Å². The highest BCUT2D eigenvalue weighted by Gasteiger charge is 2.16. The molecule has 1 aromatic rings. The van der Waals surface area contributed by atoms with Crippen molar-refractivity contribution < 1.29 is 24.2 Å². The molecule has 1 amide bonds. The largest absolute Gasteiger partial charge is 0.507 e. The van der Waals surface area contributed by atoms with Gasteiger partial charge >= 0.3 is 5.97 Å². The van der Waals surface area contributed by atoms with Gasteiger partial charge in [-0.3, -0.25) is 4.79 Å². The first-order valence-corrected chi connectivity index (χ1v) is 8.17. The van der Waals surface area contributed by atoms with Crippen LogP contribution in [0.2, 0.25) is 0 Å². The smallest absolute Gasteiger partial charge is 0.342 e. The van der Waals surface area contributed by atoms with Crippen LogP contribution in [0.4, 0.5) is 0 Å². The maximum absolute atomic E-state index is 12.0. The number of benzene rings is 1. The predicted octanol–water partition coefficient (Wildman–Crippen LogP) is 2.89. The summed E-state index contributed by atoms with van der Waals surface area (Å²) in [6.45, 7) is 5.87. The van der Waals surface area contributed by atoms with Crippen LogP contribution < -0.4 is 10.1 Å². The Morgan fingerprint density at radius 1 is 1.21 bits per heavy atom. The van der Waals surface area contributed by atoms with Crippen LogP contribution in [0.5, 0.6) is 11.5 Å². The number of phenolic OH excluding ortho intramolecular Hbond substituents is 1. The molecular weight excluding hydrogens is 310 g/mol. The molecule has 0 aliphatic carbocycles. The molecule has 1 unspecified atom stereocenters. The molecule has 24 heavy (non-hydrogen) atoms. The third-order valence-electron chi connectivity index (χ3n) is 3.58. The van der Waals surface area contributed by atoms with Crippen molar-refractivity contribution in [2.24, 2.45) is 5.92 Å². The van der Waals surface area contributed by atoms with Gasteiger partial charge in [-0.15, -0.1) is 0 Å². The van der Waals surface area contributed by atoms with Crippen LogP contribution in [-0.2, 0) is 9.53 Å². The van der Waals surface area contributed by atoms with E-state index in [1.54, 1.807) is 0 Å². The van der Waals surface area contributed by atoms with Gasteiger partial charge in [-0.05, 0) is 37.5 Å². The van der Waals surface area contributed by atoms with Gasteiger partial charge in [-0.2, -0.15) is 0 Å². The molecule has 0 aliphatic rings. The molecule has 0 aliphatic heterocycles. The van der Waals surface area contributed by atoms with E-state index in [-0.39, 0.29) is 29.9 Å². The molecule has 0 saturated heterocycles. The maximum Gasteiger partial charge on any atom is 0.342 e. The van der Waals surface area contributed by atoms with E-state index in [1.807, 2.05) is 6.92 Å². The van der Waals surface area contributed by atoms with Crippen molar-refractivity contribution in [2.75, 3.05) is 13.7 Å². The number of hydrogen-bond donors (Lipinski definition) is 2.